The topological polar surface area (TPSA) is 0 Å². The maximum absolute atomic E-state index is 14.4. The summed E-state index contributed by atoms with van der Waals surface area (Å²) in [5.74, 6) is 0.608. The van der Waals surface area contributed by atoms with Crippen molar-refractivity contribution in [1.82, 2.24) is 0 Å². The summed E-state index contributed by atoms with van der Waals surface area (Å²) in [4.78, 5) is 0. The molecule has 0 aliphatic heterocycles. The van der Waals surface area contributed by atoms with Gasteiger partial charge in [-0.1, -0.05) is 32.6 Å². The molecule has 0 amide bonds. The molecule has 0 N–H and O–H groups in total. The van der Waals surface area contributed by atoms with E-state index in [2.05, 4.69) is 13.0 Å². The molecule has 0 heterocycles. The predicted octanol–water partition coefficient (Wildman–Crippen LogP) is 6.19. The average Bonchev–Trinajstić information content (AvgIpc) is 2.55. The first kappa shape index (κ1) is 19.7. The van der Waals surface area contributed by atoms with Gasteiger partial charge in [-0.3, -0.25) is 0 Å². The third kappa shape index (κ3) is 4.96. The van der Waals surface area contributed by atoms with E-state index >= 15 is 0 Å². The molecule has 0 bridgehead atoms. The van der Waals surface area contributed by atoms with Gasteiger partial charge in [-0.25, -0.2) is 8.78 Å². The van der Waals surface area contributed by atoms with Crippen LogP contribution in [0.5, 0.6) is 0 Å². The van der Waals surface area contributed by atoms with Crippen LogP contribution in [0.2, 0.25) is 0 Å². The summed E-state index contributed by atoms with van der Waals surface area (Å²) < 4.78 is 28.7. The van der Waals surface area contributed by atoms with Crippen molar-refractivity contribution in [3.8, 4) is 11.1 Å². The molecule has 0 saturated heterocycles. The molecule has 0 nitrogen and oxygen atoms in total. The van der Waals surface area contributed by atoms with Crippen LogP contribution in [0, 0.1) is 29.5 Å². The number of hydrogen-bond donors (Lipinski definition) is 0. The molecule has 0 aromatic heterocycles. The standard InChI is InChI=1S/C21H23F2.Y/c1-15-7-9-16(10-8-15)11-12-17-13-19(22)21(20(23)14-17)18-5-3-2-4-6-18;/h3-6,13-16H,7-12H2,1H3;/q-1;+3. The number of benzene rings is 2. The van der Waals surface area contributed by atoms with Gasteiger partial charge in [0.2, 0.25) is 0 Å². The van der Waals surface area contributed by atoms with Crippen LogP contribution in [-0.4, -0.2) is 0 Å². The maximum Gasteiger partial charge on any atom is 3.00 e. The molecular weight excluding hydrogens is 379 g/mol. The molecule has 3 rings (SSSR count). The van der Waals surface area contributed by atoms with Crippen molar-refractivity contribution in [2.24, 2.45) is 11.8 Å². The Hall–Kier alpha value is -0.596. The number of aryl methyl sites for hydroxylation is 1. The van der Waals surface area contributed by atoms with Gasteiger partial charge in [-0.15, -0.1) is 5.56 Å². The molecule has 0 spiro atoms. The van der Waals surface area contributed by atoms with Gasteiger partial charge in [-0.2, -0.15) is 30.3 Å². The fraction of sp³-hybridized carbons (Fsp3) is 0.429. The monoisotopic (exact) mass is 402 g/mol. The van der Waals surface area contributed by atoms with E-state index in [9.17, 15) is 8.78 Å². The quantitative estimate of drug-likeness (QED) is 0.535. The van der Waals surface area contributed by atoms with Gasteiger partial charge in [0.05, 0.1) is 0 Å². The third-order valence-electron chi connectivity index (χ3n) is 5.09. The summed E-state index contributed by atoms with van der Waals surface area (Å²) in [7, 11) is 0. The van der Waals surface area contributed by atoms with Crippen molar-refractivity contribution in [3.05, 3.63) is 59.7 Å². The van der Waals surface area contributed by atoms with E-state index in [1.807, 2.05) is 0 Å². The Kier molecular flexibility index (Phi) is 7.56. The molecule has 2 aromatic rings. The number of rotatable bonds is 4. The Morgan fingerprint density at radius 1 is 1.00 bits per heavy atom. The fourth-order valence-corrected chi connectivity index (χ4v) is 3.59. The second-order valence-corrected chi connectivity index (χ2v) is 6.89. The molecule has 1 fully saturated rings. The molecule has 1 aliphatic carbocycles. The Balaban J connectivity index is 0.00000208. The van der Waals surface area contributed by atoms with Gasteiger partial charge in [0.25, 0.3) is 0 Å². The molecule has 1 aliphatic rings. The molecule has 24 heavy (non-hydrogen) atoms. The Bertz CT molecular complexity index is 623. The Morgan fingerprint density at radius 3 is 2.17 bits per heavy atom. The zero-order valence-corrected chi connectivity index (χ0v) is 17.0. The maximum atomic E-state index is 14.4. The van der Waals surface area contributed by atoms with Gasteiger partial charge in [-0.05, 0) is 42.4 Å². The van der Waals surface area contributed by atoms with Crippen LogP contribution in [0.1, 0.15) is 44.6 Å². The summed E-state index contributed by atoms with van der Waals surface area (Å²) in [5.41, 5.74) is 1.39. The van der Waals surface area contributed by atoms with Crippen molar-refractivity contribution >= 4 is 0 Å². The molecule has 1 saturated carbocycles. The van der Waals surface area contributed by atoms with E-state index in [0.29, 0.717) is 11.5 Å². The van der Waals surface area contributed by atoms with E-state index in [4.69, 9.17) is 0 Å². The largest absolute Gasteiger partial charge is 3.00 e. The summed E-state index contributed by atoms with van der Waals surface area (Å²) in [5, 5.41) is 0. The minimum Gasteiger partial charge on any atom is -0.206 e. The predicted molar refractivity (Wildman–Crippen MR) is 90.1 cm³/mol. The molecule has 0 atom stereocenters. The number of halogens is 2. The molecule has 0 unspecified atom stereocenters. The Morgan fingerprint density at radius 2 is 1.58 bits per heavy atom. The normalized spacial score (nSPS) is 20.5. The van der Waals surface area contributed by atoms with Gasteiger partial charge in [0.15, 0.2) is 0 Å². The summed E-state index contributed by atoms with van der Waals surface area (Å²) in [6.07, 6.45) is 6.88. The summed E-state index contributed by atoms with van der Waals surface area (Å²) >= 11 is 0. The van der Waals surface area contributed by atoms with E-state index in [0.717, 1.165) is 24.3 Å². The van der Waals surface area contributed by atoms with E-state index in [1.54, 1.807) is 24.3 Å². The van der Waals surface area contributed by atoms with Crippen LogP contribution < -0.4 is 0 Å². The molecule has 3 heteroatoms. The van der Waals surface area contributed by atoms with Crippen LogP contribution in [0.25, 0.3) is 11.1 Å². The van der Waals surface area contributed by atoms with Crippen molar-refractivity contribution in [2.45, 2.75) is 45.4 Å². The van der Waals surface area contributed by atoms with E-state index in [1.165, 1.54) is 37.8 Å². The summed E-state index contributed by atoms with van der Waals surface area (Å²) in [6, 6.07) is 12.6. The van der Waals surface area contributed by atoms with Gasteiger partial charge in [0.1, 0.15) is 11.6 Å². The number of hydrogen-bond acceptors (Lipinski definition) is 0. The van der Waals surface area contributed by atoms with E-state index < -0.39 is 11.6 Å². The van der Waals surface area contributed by atoms with E-state index in [-0.39, 0.29) is 38.3 Å². The average molecular weight is 402 g/mol. The molecule has 0 radical (unpaired) electrons. The van der Waals surface area contributed by atoms with Crippen LogP contribution in [0.15, 0.2) is 36.4 Å². The van der Waals surface area contributed by atoms with Crippen LogP contribution in [0.3, 0.4) is 0 Å². The van der Waals surface area contributed by atoms with Crippen LogP contribution >= 0.6 is 0 Å². The van der Waals surface area contributed by atoms with Crippen molar-refractivity contribution < 1.29 is 41.5 Å². The molecular formula is C21H23F2Y+2. The zero-order valence-electron chi connectivity index (χ0n) is 14.2. The SMILES string of the molecule is CC1CCC(CCc2cc(F)c(-c3cc[c-]cc3)c(F)c2)CC1.[Y+3]. The van der Waals surface area contributed by atoms with Crippen molar-refractivity contribution in [3.63, 3.8) is 0 Å². The van der Waals surface area contributed by atoms with Gasteiger partial charge >= 0.3 is 32.7 Å². The van der Waals surface area contributed by atoms with Crippen LogP contribution in [0.4, 0.5) is 8.78 Å². The van der Waals surface area contributed by atoms with Gasteiger partial charge in [0, 0.05) is 5.56 Å². The third-order valence-corrected chi connectivity index (χ3v) is 5.09. The van der Waals surface area contributed by atoms with Gasteiger partial charge < -0.3 is 0 Å². The minimum atomic E-state index is -0.469. The van der Waals surface area contributed by atoms with Crippen LogP contribution in [-0.2, 0) is 39.1 Å². The minimum absolute atomic E-state index is 0. The zero-order chi connectivity index (χ0) is 16.2. The molecule has 2 aromatic carbocycles. The second kappa shape index (κ2) is 9.20. The smallest absolute Gasteiger partial charge is 0.206 e. The first-order valence-electron chi connectivity index (χ1n) is 8.58. The second-order valence-electron chi connectivity index (χ2n) is 6.89. The first-order valence-corrected chi connectivity index (χ1v) is 8.58. The van der Waals surface area contributed by atoms with Crippen molar-refractivity contribution in [2.75, 3.05) is 0 Å². The first-order chi connectivity index (χ1) is 11.1. The summed E-state index contributed by atoms with van der Waals surface area (Å²) in [6.45, 7) is 2.31. The Labute approximate surface area is 168 Å². The fourth-order valence-electron chi connectivity index (χ4n) is 3.59. The molecule has 122 valence electrons. The van der Waals surface area contributed by atoms with Crippen molar-refractivity contribution in [1.29, 1.82) is 0 Å².